The van der Waals surface area contributed by atoms with Crippen LogP contribution in [0, 0.1) is 5.92 Å². The van der Waals surface area contributed by atoms with Gasteiger partial charge in [-0.2, -0.15) is 26.3 Å². The molecule has 5 amide bonds. The molecule has 0 bridgehead atoms. The molecule has 7 N–H and O–H groups in total. The van der Waals surface area contributed by atoms with Crippen LogP contribution in [0.25, 0.3) is 0 Å². The zero-order chi connectivity index (χ0) is 109. The number of nitrogens with zero attached hydrogens (tertiary/aromatic N) is 4. The fourth-order valence-electron chi connectivity index (χ4n) is 17.4. The molecule has 6 aliphatic rings. The van der Waals surface area contributed by atoms with E-state index in [9.17, 15) is 98.2 Å². The molecule has 47 heteroatoms. The molecule has 8 aromatic carbocycles. The molecule has 0 spiro atoms. The van der Waals surface area contributed by atoms with E-state index in [4.69, 9.17) is 48.1 Å². The Morgan fingerprint density at radius 3 is 1.26 bits per heavy atom. The molecular formula is C103H119F18N11O16S2. The number of hydrogen-bond acceptors (Lipinski definition) is 22. The second-order valence-electron chi connectivity index (χ2n) is 36.9. The molecule has 0 radical (unpaired) electrons. The Balaban J connectivity index is 0.000000192. The molecule has 4 saturated carbocycles. The summed E-state index contributed by atoms with van der Waals surface area (Å²) in [6, 6.07) is 41.3. The van der Waals surface area contributed by atoms with Crippen molar-refractivity contribution in [3.63, 3.8) is 0 Å². The number of piperazine rings is 2. The zero-order valence-electron chi connectivity index (χ0n) is 82.7. The number of urea groups is 2. The maximum Gasteiger partial charge on any atom is 0.573 e. The summed E-state index contributed by atoms with van der Waals surface area (Å²) in [5, 5.41) is 19.6. The molecular weight excluding hydrogens is 2050 g/mol. The number of amides is 5. The molecule has 2 aliphatic heterocycles. The number of likely N-dealkylation sites (N-methyl/N-ethyl adjacent to an activating group) is 2. The number of benzene rings is 8. The van der Waals surface area contributed by atoms with Crippen LogP contribution >= 0.6 is 24.4 Å². The Kier molecular flexibility index (Phi) is 42.7. The fraction of sp³-hybridized carbons (Fsp3) is 0.476. The van der Waals surface area contributed by atoms with Crippen LogP contribution in [0.15, 0.2) is 182 Å². The van der Waals surface area contributed by atoms with E-state index in [1.54, 1.807) is 37.4 Å². The first-order valence-corrected chi connectivity index (χ1v) is 49.2. The van der Waals surface area contributed by atoms with Gasteiger partial charge < -0.3 is 109 Å². The minimum Gasteiger partial charge on any atom is -0.497 e. The first-order valence-electron chi connectivity index (χ1n) is 48.4. The topological polar surface area (TPSA) is 276 Å². The van der Waals surface area contributed by atoms with Crippen LogP contribution in [-0.2, 0) is 6.42 Å². The molecule has 0 aromatic heterocycles. The molecule has 8 aromatic rings. The van der Waals surface area contributed by atoms with Crippen LogP contribution in [0.1, 0.15) is 150 Å². The molecule has 27 nitrogen and oxygen atoms in total. The van der Waals surface area contributed by atoms with E-state index in [1.807, 2.05) is 44.4 Å². The van der Waals surface area contributed by atoms with E-state index in [2.05, 4.69) is 90.0 Å². The van der Waals surface area contributed by atoms with Crippen LogP contribution in [0.5, 0.6) is 69.0 Å². The minimum atomic E-state index is -4.98. The summed E-state index contributed by atoms with van der Waals surface area (Å²) < 4.78 is 289. The summed E-state index contributed by atoms with van der Waals surface area (Å²) in [6.45, 7) is 10.8. The smallest absolute Gasteiger partial charge is 0.497 e. The lowest BCUT2D eigenvalue weighted by Crippen LogP contribution is -2.46. The van der Waals surface area contributed by atoms with Crippen molar-refractivity contribution in [2.45, 2.75) is 216 Å². The van der Waals surface area contributed by atoms with E-state index in [1.165, 1.54) is 91.0 Å². The van der Waals surface area contributed by atoms with Crippen molar-refractivity contribution in [3.05, 3.63) is 199 Å². The Hall–Kier alpha value is -12.6. The second-order valence-corrected chi connectivity index (χ2v) is 37.9. The molecule has 14 rings (SSSR count). The monoisotopic (exact) mass is 2170 g/mol. The van der Waals surface area contributed by atoms with Crippen molar-refractivity contribution >= 4 is 75.2 Å². The minimum absolute atomic E-state index is 0.0276. The van der Waals surface area contributed by atoms with Crippen LogP contribution < -0.4 is 94.1 Å². The number of ether oxygens (including phenoxy) is 12. The van der Waals surface area contributed by atoms with Crippen molar-refractivity contribution in [2.75, 3.05) is 109 Å². The number of methoxy groups -OCH3 is 1. The molecule has 4 aliphatic carbocycles. The van der Waals surface area contributed by atoms with E-state index in [0.717, 1.165) is 163 Å². The fourth-order valence-corrected chi connectivity index (χ4v) is 18.0. The number of carbonyl (C=O) groups is 4. The summed E-state index contributed by atoms with van der Waals surface area (Å²) in [4.78, 5) is 60.9. The lowest BCUT2D eigenvalue weighted by atomic mass is 9.93. The number of alkyl halides is 18. The Bertz CT molecular complexity index is 5670. The van der Waals surface area contributed by atoms with Crippen LogP contribution in [-0.4, -0.2) is 233 Å². The maximum absolute atomic E-state index is 13.5. The number of nitrogens with one attached hydrogen (secondary N) is 7. The van der Waals surface area contributed by atoms with Crippen molar-refractivity contribution in [3.8, 4) is 69.0 Å². The molecule has 6 fully saturated rings. The van der Waals surface area contributed by atoms with E-state index in [0.29, 0.717) is 107 Å². The van der Waals surface area contributed by atoms with Crippen molar-refractivity contribution in [1.82, 2.24) is 40.9 Å². The van der Waals surface area contributed by atoms with Crippen molar-refractivity contribution in [2.24, 2.45) is 5.92 Å². The van der Waals surface area contributed by atoms with Gasteiger partial charge in [0.25, 0.3) is 5.91 Å². The first kappa shape index (κ1) is 118. The first-order chi connectivity index (χ1) is 70.7. The zero-order valence-corrected chi connectivity index (χ0v) is 84.3. The molecule has 150 heavy (non-hydrogen) atoms. The molecule has 2 saturated heterocycles. The van der Waals surface area contributed by atoms with Gasteiger partial charge in [-0.05, 0) is 266 Å². The number of halogens is 18. The SMILES string of the molecule is CC(F)(F)Oc1ccc(OC2CCC(NC(=S)Nc3cccc(OC(F)(F)F)c3)CC2)cc1.CN1CCN(CCCC(=O)c2cc(OC3CCC(NC(=O)Nc4cccc(OC(F)(F)F)c4)C3)ccc2OC(F)(F)F)CC1.CN1CCN(CCNC(=O)c2cc(OC(C)(F)F)ccc2OC2CCC(NC(=O)Nc3cccc(OC(F)(F)F)c3)C2)CC1.COc1ccc(OC2CCC(CC(=S)Cc3cccc(OC(C)(F)F)c3)C2)cc1. The number of Topliss-reactive ketones (excluding diaryl/α,β-unsaturated/α-hetero) is 1. The van der Waals surface area contributed by atoms with Gasteiger partial charge in [-0.25, -0.2) is 9.59 Å². The summed E-state index contributed by atoms with van der Waals surface area (Å²) in [5.74, 6) is 0.245. The second kappa shape index (κ2) is 54.4. The highest BCUT2D eigenvalue weighted by molar-refractivity contribution is 7.80. The van der Waals surface area contributed by atoms with Gasteiger partial charge in [-0.15, -0.1) is 52.7 Å². The van der Waals surface area contributed by atoms with Crippen molar-refractivity contribution < 1.29 is 155 Å². The van der Waals surface area contributed by atoms with E-state index in [-0.39, 0.29) is 93.8 Å². The lowest BCUT2D eigenvalue weighted by Gasteiger charge is -2.32. The lowest BCUT2D eigenvalue weighted by molar-refractivity contribution is -0.275. The van der Waals surface area contributed by atoms with Gasteiger partial charge in [0.2, 0.25) is 0 Å². The molecule has 820 valence electrons. The normalized spacial score (nSPS) is 19.4. The largest absolute Gasteiger partial charge is 0.573 e. The predicted molar refractivity (Wildman–Crippen MR) is 529 cm³/mol. The van der Waals surface area contributed by atoms with E-state index < -0.39 is 97.0 Å². The third-order valence-electron chi connectivity index (χ3n) is 24.2. The summed E-state index contributed by atoms with van der Waals surface area (Å²) >= 11 is 10.9. The van der Waals surface area contributed by atoms with Gasteiger partial charge >= 0.3 is 55.8 Å². The number of anilines is 3. The van der Waals surface area contributed by atoms with Gasteiger partial charge in [-0.1, -0.05) is 42.5 Å². The summed E-state index contributed by atoms with van der Waals surface area (Å²) in [5.41, 5.74) is 1.29. The molecule has 6 unspecified atom stereocenters. The number of ketones is 1. The highest BCUT2D eigenvalue weighted by Crippen LogP contribution is 2.40. The van der Waals surface area contributed by atoms with Gasteiger partial charge in [-0.3, -0.25) is 14.5 Å². The quantitative estimate of drug-likeness (QED) is 0.0108. The molecule has 2 heterocycles. The van der Waals surface area contributed by atoms with Crippen LogP contribution in [0.2, 0.25) is 0 Å². The number of rotatable bonds is 38. The highest BCUT2D eigenvalue weighted by atomic mass is 32.1. The van der Waals surface area contributed by atoms with Crippen LogP contribution in [0.4, 0.5) is 106 Å². The Morgan fingerprint density at radius 1 is 0.367 bits per heavy atom. The van der Waals surface area contributed by atoms with Gasteiger partial charge in [0.15, 0.2) is 10.9 Å². The van der Waals surface area contributed by atoms with Gasteiger partial charge in [0.05, 0.1) is 30.4 Å². The van der Waals surface area contributed by atoms with Crippen molar-refractivity contribution in [1.29, 1.82) is 0 Å². The Labute approximate surface area is 865 Å². The number of carbonyl (C=O) groups excluding carboxylic acids is 4. The van der Waals surface area contributed by atoms with Crippen LogP contribution in [0.3, 0.4) is 0 Å². The highest BCUT2D eigenvalue weighted by Gasteiger charge is 2.39. The molecule has 6 atom stereocenters. The maximum atomic E-state index is 13.5. The van der Waals surface area contributed by atoms with Gasteiger partial charge in [0, 0.05) is 165 Å². The standard InChI is InChI=1S/C29H34F6N4O5.C29H36F5N5O5.C23H26F2O3S.C22H23F5N2O3S/c1-38-12-14-39(15-13-38)11-3-6-25(40)24-18-22(9-10-26(24)44-29(33,34)35)42-21-8-7-20(16-21)37-27(41)36-19-4-2-5-23(17-19)43-28(30,31)32;1-28(30,31)43-23-8-9-25(24(18-23)26(40)35-10-11-39-14-12-38(2)13-15-39)42-21-7-6-20(16-21)37-27(41)36-19-4-3-5-22(17-19)44-29(32,33)34;1-23(24,25)28-21-5-3-4-16(13-21)14-22(29)15-17-6-7-20(12-17)27-19-10-8-18(26-2)9-11-19;1-21(23,24)31-18-11-9-17(10-12-18)30-16-7-5-14(6-8-16)28-20(33)29-15-3-2-4-19(13-15)32-22(25,26)27/h2,4-5,9-10,17-18,20-21H,3,6-8,11-16H2,1H3,(H2,36,37,41);3-5,8-9,17-18,20-21H,6-7,10-16H2,1-2H3,(H,35,40)(H2,36,37,41);3-5,8-11,13,17,20H,6-7,12,14-15H2,1-2H3;2-4,9-14,16H,5-8H2,1H3,(H2,28,29,33). The third-order valence-corrected chi connectivity index (χ3v) is 24.7. The average molecular weight is 2170 g/mol. The summed E-state index contributed by atoms with van der Waals surface area (Å²) in [6.07, 6.45) is -19.1. The average Bonchev–Trinajstić information content (AvgIpc) is 1.52. The third kappa shape index (κ3) is 44.1. The number of hydrogen-bond donors (Lipinski definition) is 7. The predicted octanol–water partition coefficient (Wildman–Crippen LogP) is 23.0. The number of thiocarbonyl (C=S) groups is 2. The van der Waals surface area contributed by atoms with E-state index >= 15 is 0 Å². The Morgan fingerprint density at radius 2 is 0.760 bits per heavy atom. The summed E-state index contributed by atoms with van der Waals surface area (Å²) in [7, 11) is 5.72. The van der Waals surface area contributed by atoms with Gasteiger partial charge in [0.1, 0.15) is 81.2 Å².